The third-order valence-electron chi connectivity index (χ3n) is 4.66. The number of anilines is 1. The Morgan fingerprint density at radius 3 is 2.45 bits per heavy atom. The number of hydrogen-bond acceptors (Lipinski definition) is 4. The zero-order chi connectivity index (χ0) is 20.2. The standard InChI is InChI=1S/C24H19NO2S2/c1-17-9-5-6-11-19(17)16-27-21-14-8-7-10-18(21)15-22-23(26)25(24(28)29-22)20-12-3-2-4-13-20/h2-15H,16H2,1H3/b22-15-. The summed E-state index contributed by atoms with van der Waals surface area (Å²) >= 11 is 6.76. The second-order valence-electron chi connectivity index (χ2n) is 6.61. The molecule has 0 spiro atoms. The fraction of sp³-hybridized carbons (Fsp3) is 0.0833. The molecule has 0 bridgehead atoms. The Kier molecular flexibility index (Phi) is 5.79. The predicted octanol–water partition coefficient (Wildman–Crippen LogP) is 5.98. The Bertz CT molecular complexity index is 1090. The van der Waals surface area contributed by atoms with Crippen LogP contribution in [0.25, 0.3) is 6.08 Å². The Labute approximate surface area is 180 Å². The maximum atomic E-state index is 13.0. The molecule has 1 aliphatic rings. The van der Waals surface area contributed by atoms with Crippen LogP contribution in [0.4, 0.5) is 5.69 Å². The number of thioether (sulfide) groups is 1. The van der Waals surface area contributed by atoms with Gasteiger partial charge in [0.25, 0.3) is 5.91 Å². The van der Waals surface area contributed by atoms with E-state index in [1.165, 1.54) is 17.3 Å². The first kappa shape index (κ1) is 19.4. The number of thiocarbonyl (C=S) groups is 1. The minimum absolute atomic E-state index is 0.111. The summed E-state index contributed by atoms with van der Waals surface area (Å²) in [5, 5.41) is 0. The molecule has 0 saturated carbocycles. The van der Waals surface area contributed by atoms with E-state index in [2.05, 4.69) is 19.1 Å². The molecule has 1 heterocycles. The fourth-order valence-electron chi connectivity index (χ4n) is 3.07. The first-order valence-corrected chi connectivity index (χ1v) is 10.5. The molecule has 1 amide bonds. The molecule has 0 radical (unpaired) electrons. The highest BCUT2D eigenvalue weighted by Crippen LogP contribution is 2.37. The normalized spacial score (nSPS) is 15.2. The lowest BCUT2D eigenvalue weighted by Gasteiger charge is -2.14. The van der Waals surface area contributed by atoms with Crippen LogP contribution in [0.2, 0.25) is 0 Å². The quantitative estimate of drug-likeness (QED) is 0.377. The third kappa shape index (κ3) is 4.26. The fourth-order valence-corrected chi connectivity index (χ4v) is 4.36. The molecule has 1 saturated heterocycles. The topological polar surface area (TPSA) is 29.5 Å². The molecule has 0 N–H and O–H groups in total. The number of benzene rings is 3. The van der Waals surface area contributed by atoms with E-state index >= 15 is 0 Å². The molecule has 3 nitrogen and oxygen atoms in total. The summed E-state index contributed by atoms with van der Waals surface area (Å²) in [6, 6.07) is 25.3. The van der Waals surface area contributed by atoms with E-state index < -0.39 is 0 Å². The van der Waals surface area contributed by atoms with Gasteiger partial charge in [0.2, 0.25) is 0 Å². The van der Waals surface area contributed by atoms with E-state index in [1.54, 1.807) is 4.90 Å². The van der Waals surface area contributed by atoms with Gasteiger partial charge in [-0.3, -0.25) is 9.69 Å². The van der Waals surface area contributed by atoms with E-state index in [0.29, 0.717) is 15.8 Å². The highest BCUT2D eigenvalue weighted by atomic mass is 32.2. The van der Waals surface area contributed by atoms with Crippen molar-refractivity contribution in [2.24, 2.45) is 0 Å². The maximum absolute atomic E-state index is 13.0. The summed E-state index contributed by atoms with van der Waals surface area (Å²) in [4.78, 5) is 15.1. The third-order valence-corrected chi connectivity index (χ3v) is 5.96. The van der Waals surface area contributed by atoms with Gasteiger partial charge in [-0.15, -0.1) is 0 Å². The largest absolute Gasteiger partial charge is 0.488 e. The Morgan fingerprint density at radius 2 is 1.66 bits per heavy atom. The van der Waals surface area contributed by atoms with Gasteiger partial charge in [0.15, 0.2) is 4.32 Å². The second-order valence-corrected chi connectivity index (χ2v) is 8.28. The van der Waals surface area contributed by atoms with Crippen LogP contribution in [0.3, 0.4) is 0 Å². The van der Waals surface area contributed by atoms with Crippen molar-refractivity contribution in [3.8, 4) is 5.75 Å². The number of amides is 1. The Hall–Kier alpha value is -2.89. The van der Waals surface area contributed by atoms with Crippen LogP contribution in [-0.2, 0) is 11.4 Å². The summed E-state index contributed by atoms with van der Waals surface area (Å²) in [7, 11) is 0. The average Bonchev–Trinajstić information content (AvgIpc) is 3.02. The van der Waals surface area contributed by atoms with Crippen molar-refractivity contribution in [2.75, 3.05) is 4.90 Å². The van der Waals surface area contributed by atoms with Crippen LogP contribution in [0.1, 0.15) is 16.7 Å². The number of rotatable bonds is 5. The highest BCUT2D eigenvalue weighted by molar-refractivity contribution is 8.27. The van der Waals surface area contributed by atoms with Crippen LogP contribution in [0.5, 0.6) is 5.75 Å². The van der Waals surface area contributed by atoms with Crippen LogP contribution in [0, 0.1) is 6.92 Å². The average molecular weight is 418 g/mol. The van der Waals surface area contributed by atoms with Gasteiger partial charge in [-0.05, 0) is 42.3 Å². The van der Waals surface area contributed by atoms with Crippen molar-refractivity contribution in [2.45, 2.75) is 13.5 Å². The van der Waals surface area contributed by atoms with E-state index in [-0.39, 0.29) is 5.91 Å². The van der Waals surface area contributed by atoms with Crippen molar-refractivity contribution in [3.05, 3.63) is 100 Å². The summed E-state index contributed by atoms with van der Waals surface area (Å²) in [6.07, 6.45) is 1.86. The Morgan fingerprint density at radius 1 is 0.966 bits per heavy atom. The first-order chi connectivity index (χ1) is 14.1. The van der Waals surface area contributed by atoms with Gasteiger partial charge >= 0.3 is 0 Å². The van der Waals surface area contributed by atoms with Crippen molar-refractivity contribution in [1.29, 1.82) is 0 Å². The molecule has 0 unspecified atom stereocenters. The van der Waals surface area contributed by atoms with E-state index in [4.69, 9.17) is 17.0 Å². The number of carbonyl (C=O) groups excluding carboxylic acids is 1. The van der Waals surface area contributed by atoms with Crippen LogP contribution in [-0.4, -0.2) is 10.2 Å². The first-order valence-electron chi connectivity index (χ1n) is 9.23. The zero-order valence-electron chi connectivity index (χ0n) is 15.9. The van der Waals surface area contributed by atoms with Crippen LogP contribution in [0.15, 0.2) is 83.8 Å². The number of carbonyl (C=O) groups is 1. The van der Waals surface area contributed by atoms with Gasteiger partial charge in [0.05, 0.1) is 10.6 Å². The molecule has 3 aromatic rings. The molecule has 144 valence electrons. The monoisotopic (exact) mass is 417 g/mol. The molecule has 29 heavy (non-hydrogen) atoms. The van der Waals surface area contributed by atoms with E-state index in [9.17, 15) is 4.79 Å². The summed E-state index contributed by atoms with van der Waals surface area (Å²) < 4.78 is 6.61. The highest BCUT2D eigenvalue weighted by Gasteiger charge is 2.33. The Balaban J connectivity index is 1.58. The van der Waals surface area contributed by atoms with Crippen molar-refractivity contribution >= 4 is 46.0 Å². The van der Waals surface area contributed by atoms with Gasteiger partial charge in [0, 0.05) is 5.56 Å². The van der Waals surface area contributed by atoms with Crippen LogP contribution >= 0.6 is 24.0 Å². The SMILES string of the molecule is Cc1ccccc1COc1ccccc1/C=C1\SC(=S)N(c2ccccc2)C1=O. The smallest absolute Gasteiger partial charge is 0.270 e. The van der Waals surface area contributed by atoms with Gasteiger partial charge in [0.1, 0.15) is 12.4 Å². The number of hydrogen-bond donors (Lipinski definition) is 0. The zero-order valence-corrected chi connectivity index (χ0v) is 17.5. The number of aryl methyl sites for hydroxylation is 1. The van der Waals surface area contributed by atoms with Crippen molar-refractivity contribution in [1.82, 2.24) is 0 Å². The van der Waals surface area contributed by atoms with Gasteiger partial charge in [-0.1, -0.05) is 84.6 Å². The number of nitrogens with zero attached hydrogens (tertiary/aromatic N) is 1. The molecule has 5 heteroatoms. The van der Waals surface area contributed by atoms with Gasteiger partial charge in [-0.2, -0.15) is 0 Å². The maximum Gasteiger partial charge on any atom is 0.270 e. The number of ether oxygens (including phenoxy) is 1. The molecule has 1 fully saturated rings. The van der Waals surface area contributed by atoms with Gasteiger partial charge < -0.3 is 4.74 Å². The minimum Gasteiger partial charge on any atom is -0.488 e. The molecule has 3 aromatic carbocycles. The molecule has 0 atom stereocenters. The van der Waals surface area contributed by atoms with E-state index in [1.807, 2.05) is 72.8 Å². The molecule has 1 aliphatic heterocycles. The van der Waals surface area contributed by atoms with Crippen molar-refractivity contribution < 1.29 is 9.53 Å². The number of para-hydroxylation sites is 2. The lowest BCUT2D eigenvalue weighted by molar-refractivity contribution is -0.113. The molecule has 0 aromatic heterocycles. The lowest BCUT2D eigenvalue weighted by atomic mass is 10.1. The van der Waals surface area contributed by atoms with Crippen LogP contribution < -0.4 is 9.64 Å². The molecular weight excluding hydrogens is 398 g/mol. The van der Waals surface area contributed by atoms with Crippen molar-refractivity contribution in [3.63, 3.8) is 0 Å². The summed E-state index contributed by atoms with van der Waals surface area (Å²) in [6.45, 7) is 2.54. The second kappa shape index (κ2) is 8.64. The lowest BCUT2D eigenvalue weighted by Crippen LogP contribution is -2.27. The van der Waals surface area contributed by atoms with Gasteiger partial charge in [-0.25, -0.2) is 0 Å². The minimum atomic E-state index is -0.111. The molecule has 0 aliphatic carbocycles. The molecular formula is C24H19NO2S2. The van der Waals surface area contributed by atoms with E-state index in [0.717, 1.165) is 22.6 Å². The molecule has 4 rings (SSSR count). The predicted molar refractivity (Wildman–Crippen MR) is 124 cm³/mol. The summed E-state index contributed by atoms with van der Waals surface area (Å²) in [5.74, 6) is 0.626. The summed E-state index contributed by atoms with van der Waals surface area (Å²) in [5.41, 5.74) is 3.96.